The Morgan fingerprint density at radius 2 is 2.32 bits per heavy atom. The fourth-order valence-electron chi connectivity index (χ4n) is 2.79. The predicted octanol–water partition coefficient (Wildman–Crippen LogP) is 2.83. The van der Waals surface area contributed by atoms with E-state index in [0.29, 0.717) is 25.8 Å². The van der Waals surface area contributed by atoms with Gasteiger partial charge in [0.25, 0.3) is 0 Å². The van der Waals surface area contributed by atoms with Crippen LogP contribution in [0.15, 0.2) is 11.4 Å². The van der Waals surface area contributed by atoms with Gasteiger partial charge in [-0.25, -0.2) is 0 Å². The van der Waals surface area contributed by atoms with Crippen molar-refractivity contribution < 1.29 is 14.7 Å². The number of aryl methyl sites for hydroxylation is 1. The monoisotopic (exact) mass is 281 g/mol. The Morgan fingerprint density at radius 1 is 1.58 bits per heavy atom. The Labute approximate surface area is 117 Å². The molecule has 0 aromatic carbocycles. The third kappa shape index (κ3) is 2.66. The molecule has 2 unspecified atom stereocenters. The summed E-state index contributed by atoms with van der Waals surface area (Å²) in [5, 5.41) is 11.5. The first-order valence-corrected chi connectivity index (χ1v) is 7.50. The zero-order chi connectivity index (χ0) is 14.0. The molecular weight excluding hydrogens is 262 g/mol. The van der Waals surface area contributed by atoms with Crippen LogP contribution in [0.5, 0.6) is 0 Å². The summed E-state index contributed by atoms with van der Waals surface area (Å²) < 4.78 is 0. The molecule has 1 aliphatic rings. The minimum Gasteiger partial charge on any atom is -0.481 e. The van der Waals surface area contributed by atoms with Crippen LogP contribution in [0, 0.1) is 12.8 Å². The second-order valence-electron chi connectivity index (χ2n) is 4.93. The number of hydrogen-bond acceptors (Lipinski definition) is 3. The molecule has 2 heterocycles. The maximum Gasteiger partial charge on any atom is 0.308 e. The van der Waals surface area contributed by atoms with Gasteiger partial charge in [0.1, 0.15) is 0 Å². The van der Waals surface area contributed by atoms with E-state index in [2.05, 4.69) is 0 Å². The van der Waals surface area contributed by atoms with E-state index in [-0.39, 0.29) is 11.9 Å². The number of carbonyl (C=O) groups is 2. The second-order valence-corrected chi connectivity index (χ2v) is 5.88. The number of likely N-dealkylation sites (tertiary alicyclic amines) is 1. The van der Waals surface area contributed by atoms with E-state index in [1.54, 1.807) is 16.2 Å². The Balaban J connectivity index is 2.47. The molecule has 1 aromatic heterocycles. The minimum atomic E-state index is -0.800. The smallest absolute Gasteiger partial charge is 0.308 e. The molecule has 19 heavy (non-hydrogen) atoms. The molecule has 2 atom stereocenters. The topological polar surface area (TPSA) is 57.6 Å². The number of carbonyl (C=O) groups excluding carboxylic acids is 1. The maximum absolute atomic E-state index is 12.2. The van der Waals surface area contributed by atoms with E-state index >= 15 is 0 Å². The summed E-state index contributed by atoms with van der Waals surface area (Å²) in [6, 6.07) is 1.68. The van der Waals surface area contributed by atoms with Gasteiger partial charge in [0.2, 0.25) is 5.91 Å². The molecule has 104 valence electrons. The minimum absolute atomic E-state index is 0.0732. The van der Waals surface area contributed by atoms with Crippen LogP contribution in [0.3, 0.4) is 0 Å². The lowest BCUT2D eigenvalue weighted by Gasteiger charge is -2.32. The molecule has 4 nitrogen and oxygen atoms in total. The molecule has 0 saturated carbocycles. The van der Waals surface area contributed by atoms with Crippen molar-refractivity contribution in [2.24, 2.45) is 5.92 Å². The molecule has 1 aliphatic heterocycles. The van der Waals surface area contributed by atoms with Crippen molar-refractivity contribution in [2.45, 2.75) is 39.2 Å². The van der Waals surface area contributed by atoms with Crippen LogP contribution in [-0.2, 0) is 9.59 Å². The number of rotatable bonds is 3. The van der Waals surface area contributed by atoms with Crippen LogP contribution in [0.4, 0.5) is 0 Å². The fourth-order valence-corrected chi connectivity index (χ4v) is 3.89. The van der Waals surface area contributed by atoms with Gasteiger partial charge in [0.15, 0.2) is 0 Å². The highest BCUT2D eigenvalue weighted by Crippen LogP contribution is 2.39. The average molecular weight is 281 g/mol. The second kappa shape index (κ2) is 5.74. The summed E-state index contributed by atoms with van der Waals surface area (Å²) in [6.45, 7) is 4.46. The summed E-state index contributed by atoms with van der Waals surface area (Å²) in [4.78, 5) is 26.5. The van der Waals surface area contributed by atoms with E-state index in [4.69, 9.17) is 0 Å². The first-order chi connectivity index (χ1) is 9.06. The van der Waals surface area contributed by atoms with Crippen LogP contribution in [0.1, 0.15) is 42.7 Å². The molecule has 1 fully saturated rings. The van der Waals surface area contributed by atoms with Gasteiger partial charge in [-0.05, 0) is 43.7 Å². The Kier molecular flexibility index (Phi) is 4.24. The summed E-state index contributed by atoms with van der Waals surface area (Å²) in [5.41, 5.74) is 1.08. The lowest BCUT2D eigenvalue weighted by molar-refractivity contribution is -0.145. The van der Waals surface area contributed by atoms with Crippen LogP contribution < -0.4 is 0 Å². The summed E-state index contributed by atoms with van der Waals surface area (Å²) in [6.07, 6.45) is 1.69. The van der Waals surface area contributed by atoms with E-state index in [0.717, 1.165) is 10.4 Å². The van der Waals surface area contributed by atoms with Gasteiger partial charge >= 0.3 is 5.97 Å². The summed E-state index contributed by atoms with van der Waals surface area (Å²) in [7, 11) is 0. The van der Waals surface area contributed by atoms with Crippen molar-refractivity contribution in [3.8, 4) is 0 Å². The molecule has 0 spiro atoms. The van der Waals surface area contributed by atoms with Gasteiger partial charge < -0.3 is 10.0 Å². The SMILES string of the molecule is CCN1C(=O)CCCC(C(=O)O)C1c1sccc1C. The molecule has 0 radical (unpaired) electrons. The lowest BCUT2D eigenvalue weighted by atomic mass is 9.92. The zero-order valence-corrected chi connectivity index (χ0v) is 12.1. The van der Waals surface area contributed by atoms with E-state index < -0.39 is 11.9 Å². The first-order valence-electron chi connectivity index (χ1n) is 6.62. The standard InChI is InChI=1S/C14H19NO3S/c1-3-15-11(16)6-4-5-10(14(17)18)12(15)13-9(2)7-8-19-13/h7-8,10,12H,3-6H2,1-2H3,(H,17,18). The molecule has 0 bridgehead atoms. The Bertz CT molecular complexity index is 481. The van der Waals surface area contributed by atoms with Gasteiger partial charge in [-0.2, -0.15) is 0 Å². The highest BCUT2D eigenvalue weighted by Gasteiger charge is 2.39. The highest BCUT2D eigenvalue weighted by molar-refractivity contribution is 7.10. The zero-order valence-electron chi connectivity index (χ0n) is 11.3. The third-order valence-electron chi connectivity index (χ3n) is 3.77. The van der Waals surface area contributed by atoms with Crippen LogP contribution in [-0.4, -0.2) is 28.4 Å². The van der Waals surface area contributed by atoms with Crippen LogP contribution >= 0.6 is 11.3 Å². The molecule has 5 heteroatoms. The lowest BCUT2D eigenvalue weighted by Crippen LogP contribution is -2.38. The summed E-state index contributed by atoms with van der Waals surface area (Å²) in [5.74, 6) is -1.22. The maximum atomic E-state index is 12.2. The number of hydrogen-bond donors (Lipinski definition) is 1. The Hall–Kier alpha value is -1.36. The molecular formula is C14H19NO3S. The normalized spacial score (nSPS) is 24.3. The number of carboxylic acid groups (broad SMARTS) is 1. The molecule has 1 aromatic rings. The van der Waals surface area contributed by atoms with Crippen molar-refractivity contribution in [1.29, 1.82) is 0 Å². The predicted molar refractivity (Wildman–Crippen MR) is 74.2 cm³/mol. The third-order valence-corrected chi connectivity index (χ3v) is 4.86. The van der Waals surface area contributed by atoms with E-state index in [1.807, 2.05) is 25.3 Å². The number of aliphatic carboxylic acids is 1. The van der Waals surface area contributed by atoms with Crippen molar-refractivity contribution in [3.05, 3.63) is 21.9 Å². The van der Waals surface area contributed by atoms with Gasteiger partial charge in [-0.3, -0.25) is 9.59 Å². The fraction of sp³-hybridized carbons (Fsp3) is 0.571. The number of nitrogens with zero attached hydrogens (tertiary/aromatic N) is 1. The van der Waals surface area contributed by atoms with Crippen molar-refractivity contribution in [2.75, 3.05) is 6.54 Å². The summed E-state index contributed by atoms with van der Waals surface area (Å²) >= 11 is 1.55. The van der Waals surface area contributed by atoms with Crippen LogP contribution in [0.25, 0.3) is 0 Å². The molecule has 1 saturated heterocycles. The van der Waals surface area contributed by atoms with Gasteiger partial charge in [-0.1, -0.05) is 0 Å². The van der Waals surface area contributed by atoms with Crippen molar-refractivity contribution in [3.63, 3.8) is 0 Å². The largest absolute Gasteiger partial charge is 0.481 e. The van der Waals surface area contributed by atoms with E-state index in [9.17, 15) is 14.7 Å². The van der Waals surface area contributed by atoms with Crippen molar-refractivity contribution in [1.82, 2.24) is 4.90 Å². The number of thiophene rings is 1. The van der Waals surface area contributed by atoms with Gasteiger partial charge in [0, 0.05) is 17.8 Å². The number of amides is 1. The first kappa shape index (κ1) is 14.1. The quantitative estimate of drug-likeness (QED) is 0.927. The van der Waals surface area contributed by atoms with Crippen LogP contribution in [0.2, 0.25) is 0 Å². The Morgan fingerprint density at radius 3 is 2.84 bits per heavy atom. The molecule has 2 rings (SSSR count). The van der Waals surface area contributed by atoms with Gasteiger partial charge in [-0.15, -0.1) is 11.3 Å². The van der Waals surface area contributed by atoms with E-state index in [1.165, 1.54) is 0 Å². The number of carboxylic acids is 1. The average Bonchev–Trinajstić information content (AvgIpc) is 2.69. The van der Waals surface area contributed by atoms with Crippen molar-refractivity contribution >= 4 is 23.2 Å². The molecule has 1 N–H and O–H groups in total. The molecule has 1 amide bonds. The molecule has 0 aliphatic carbocycles. The highest BCUT2D eigenvalue weighted by atomic mass is 32.1. The van der Waals surface area contributed by atoms with Gasteiger partial charge in [0.05, 0.1) is 12.0 Å².